The number of hydrogen-bond donors (Lipinski definition) is 3. The Hall–Kier alpha value is -3.98. The van der Waals surface area contributed by atoms with Gasteiger partial charge in [0.2, 0.25) is 5.91 Å². The fourth-order valence-corrected chi connectivity index (χ4v) is 3.73. The van der Waals surface area contributed by atoms with Crippen molar-refractivity contribution in [2.75, 3.05) is 30.6 Å². The third-order valence-corrected chi connectivity index (χ3v) is 5.54. The fourth-order valence-electron chi connectivity index (χ4n) is 2.98. The second-order valence-electron chi connectivity index (χ2n) is 6.74. The molecule has 8 nitrogen and oxygen atoms in total. The first-order valence-electron chi connectivity index (χ1n) is 9.79. The van der Waals surface area contributed by atoms with Crippen LogP contribution in [0.2, 0.25) is 0 Å². The van der Waals surface area contributed by atoms with E-state index in [1.54, 1.807) is 48.5 Å². The van der Waals surface area contributed by atoms with E-state index < -0.39 is 11.9 Å². The predicted molar refractivity (Wildman–Crippen MR) is 127 cm³/mol. The van der Waals surface area contributed by atoms with Gasteiger partial charge in [0.25, 0.3) is 5.91 Å². The number of rotatable bonds is 9. The van der Waals surface area contributed by atoms with Gasteiger partial charge in [0, 0.05) is 16.6 Å². The highest BCUT2D eigenvalue weighted by Crippen LogP contribution is 2.29. The summed E-state index contributed by atoms with van der Waals surface area (Å²) >= 11 is 1.29. The molecule has 3 aromatic carbocycles. The number of methoxy groups -OCH3 is 2. The lowest BCUT2D eigenvalue weighted by Gasteiger charge is -2.12. The Labute approximate surface area is 194 Å². The van der Waals surface area contributed by atoms with Crippen LogP contribution in [-0.4, -0.2) is 42.9 Å². The number of amides is 2. The standard InChI is InChI=1S/C24H22N2O6S/c1-31-16-10-11-21(32-2)20(13-16)26-22(27)14-33-17-7-5-6-15(12-17)25-23(28)18-8-3-4-9-19(18)24(29)30/h3-13H,14H2,1-2H3,(H,25,28)(H,26,27)(H,29,30). The van der Waals surface area contributed by atoms with E-state index in [4.69, 9.17) is 9.47 Å². The number of aromatic carboxylic acids is 1. The first-order chi connectivity index (χ1) is 15.9. The Bertz CT molecular complexity index is 1180. The number of hydrogen-bond acceptors (Lipinski definition) is 6. The van der Waals surface area contributed by atoms with Gasteiger partial charge >= 0.3 is 5.97 Å². The Morgan fingerprint density at radius 3 is 2.33 bits per heavy atom. The molecule has 0 aliphatic heterocycles. The highest BCUT2D eigenvalue weighted by molar-refractivity contribution is 8.00. The Morgan fingerprint density at radius 1 is 0.879 bits per heavy atom. The Kier molecular flexibility index (Phi) is 7.93. The third-order valence-electron chi connectivity index (χ3n) is 4.54. The van der Waals surface area contributed by atoms with Crippen molar-refractivity contribution in [3.63, 3.8) is 0 Å². The predicted octanol–water partition coefficient (Wildman–Crippen LogP) is 4.39. The van der Waals surface area contributed by atoms with Gasteiger partial charge in [-0.25, -0.2) is 4.79 Å². The van der Waals surface area contributed by atoms with E-state index in [0.717, 1.165) is 4.90 Å². The molecule has 0 fully saturated rings. The molecule has 9 heteroatoms. The number of anilines is 2. The minimum atomic E-state index is -1.18. The summed E-state index contributed by atoms with van der Waals surface area (Å²) in [5.41, 5.74) is 0.973. The molecule has 0 aromatic heterocycles. The van der Waals surface area contributed by atoms with Crippen molar-refractivity contribution >= 4 is 40.9 Å². The van der Waals surface area contributed by atoms with Crippen molar-refractivity contribution in [3.8, 4) is 11.5 Å². The van der Waals surface area contributed by atoms with Gasteiger partial charge in [0.15, 0.2) is 0 Å². The third kappa shape index (κ3) is 6.27. The molecule has 0 saturated heterocycles. The van der Waals surface area contributed by atoms with Crippen molar-refractivity contribution in [2.24, 2.45) is 0 Å². The summed E-state index contributed by atoms with van der Waals surface area (Å²) < 4.78 is 10.5. The van der Waals surface area contributed by atoms with Crippen LogP contribution in [0.15, 0.2) is 71.6 Å². The molecule has 0 spiro atoms. The molecule has 0 bridgehead atoms. The average Bonchev–Trinajstić information content (AvgIpc) is 2.82. The van der Waals surface area contributed by atoms with Gasteiger partial charge in [0.05, 0.1) is 36.8 Å². The van der Waals surface area contributed by atoms with Gasteiger partial charge in [-0.15, -0.1) is 11.8 Å². The molecule has 3 rings (SSSR count). The molecule has 2 amide bonds. The van der Waals surface area contributed by atoms with Crippen LogP contribution >= 0.6 is 11.8 Å². The zero-order valence-electron chi connectivity index (χ0n) is 18.0. The maximum atomic E-state index is 12.6. The van der Waals surface area contributed by atoms with Crippen LogP contribution in [0.4, 0.5) is 11.4 Å². The second-order valence-corrected chi connectivity index (χ2v) is 7.78. The molecule has 3 aromatic rings. The summed E-state index contributed by atoms with van der Waals surface area (Å²) in [7, 11) is 3.05. The van der Waals surface area contributed by atoms with Gasteiger partial charge in [0.1, 0.15) is 11.5 Å². The van der Waals surface area contributed by atoms with E-state index in [9.17, 15) is 19.5 Å². The topological polar surface area (TPSA) is 114 Å². The summed E-state index contributed by atoms with van der Waals surface area (Å²) in [4.78, 5) is 37.1. The zero-order valence-corrected chi connectivity index (χ0v) is 18.8. The van der Waals surface area contributed by atoms with Crippen LogP contribution in [0.1, 0.15) is 20.7 Å². The first kappa shape index (κ1) is 23.7. The molecule has 170 valence electrons. The Balaban J connectivity index is 1.63. The molecule has 0 saturated carbocycles. The fraction of sp³-hybridized carbons (Fsp3) is 0.125. The SMILES string of the molecule is COc1ccc(OC)c(NC(=O)CSc2cccc(NC(=O)c3ccccc3C(=O)O)c2)c1. The van der Waals surface area contributed by atoms with Crippen LogP contribution in [0.5, 0.6) is 11.5 Å². The lowest BCUT2D eigenvalue weighted by atomic mass is 10.1. The normalized spacial score (nSPS) is 10.2. The molecule has 0 heterocycles. The number of carboxylic acid groups (broad SMARTS) is 1. The van der Waals surface area contributed by atoms with Crippen molar-refractivity contribution < 1.29 is 29.0 Å². The quantitative estimate of drug-likeness (QED) is 0.401. The number of carbonyl (C=O) groups excluding carboxylic acids is 2. The number of nitrogens with one attached hydrogen (secondary N) is 2. The number of thioether (sulfide) groups is 1. The molecule has 0 unspecified atom stereocenters. The van der Waals surface area contributed by atoms with Crippen LogP contribution in [0, 0.1) is 0 Å². The van der Waals surface area contributed by atoms with Crippen LogP contribution in [0.25, 0.3) is 0 Å². The number of ether oxygens (including phenoxy) is 2. The molecular weight excluding hydrogens is 444 g/mol. The summed E-state index contributed by atoms with van der Waals surface area (Å²) in [6, 6.07) is 18.1. The highest BCUT2D eigenvalue weighted by atomic mass is 32.2. The summed E-state index contributed by atoms with van der Waals surface area (Å²) in [5.74, 6) is -0.718. The number of carbonyl (C=O) groups is 3. The van der Waals surface area contributed by atoms with E-state index >= 15 is 0 Å². The molecular formula is C24H22N2O6S. The van der Waals surface area contributed by atoms with E-state index in [2.05, 4.69) is 10.6 Å². The maximum absolute atomic E-state index is 12.6. The van der Waals surface area contributed by atoms with E-state index in [0.29, 0.717) is 22.9 Å². The van der Waals surface area contributed by atoms with E-state index in [1.165, 1.54) is 38.1 Å². The van der Waals surface area contributed by atoms with Gasteiger partial charge in [-0.3, -0.25) is 9.59 Å². The van der Waals surface area contributed by atoms with Crippen molar-refractivity contribution in [1.29, 1.82) is 0 Å². The molecule has 0 atom stereocenters. The monoisotopic (exact) mass is 466 g/mol. The van der Waals surface area contributed by atoms with Crippen molar-refractivity contribution in [2.45, 2.75) is 4.90 Å². The smallest absolute Gasteiger partial charge is 0.336 e. The molecule has 3 N–H and O–H groups in total. The van der Waals surface area contributed by atoms with E-state index in [1.807, 2.05) is 6.07 Å². The number of benzene rings is 3. The summed E-state index contributed by atoms with van der Waals surface area (Å²) in [5, 5.41) is 14.8. The summed E-state index contributed by atoms with van der Waals surface area (Å²) in [6.07, 6.45) is 0. The van der Waals surface area contributed by atoms with Crippen LogP contribution in [0.3, 0.4) is 0 Å². The lowest BCUT2D eigenvalue weighted by Crippen LogP contribution is -2.16. The zero-order chi connectivity index (χ0) is 23.8. The minimum Gasteiger partial charge on any atom is -0.497 e. The van der Waals surface area contributed by atoms with Gasteiger partial charge in [-0.1, -0.05) is 18.2 Å². The van der Waals surface area contributed by atoms with Gasteiger partial charge in [-0.05, 0) is 42.5 Å². The van der Waals surface area contributed by atoms with Gasteiger partial charge in [-0.2, -0.15) is 0 Å². The molecule has 33 heavy (non-hydrogen) atoms. The lowest BCUT2D eigenvalue weighted by molar-refractivity contribution is -0.113. The van der Waals surface area contributed by atoms with Crippen LogP contribution in [-0.2, 0) is 4.79 Å². The largest absolute Gasteiger partial charge is 0.497 e. The minimum absolute atomic E-state index is 0.0645. The average molecular weight is 467 g/mol. The molecule has 0 aliphatic carbocycles. The second kappa shape index (κ2) is 11.1. The Morgan fingerprint density at radius 2 is 1.64 bits per heavy atom. The first-order valence-corrected chi connectivity index (χ1v) is 10.8. The van der Waals surface area contributed by atoms with Crippen LogP contribution < -0.4 is 20.1 Å². The number of carboxylic acids is 1. The van der Waals surface area contributed by atoms with Crippen molar-refractivity contribution in [1.82, 2.24) is 0 Å². The van der Waals surface area contributed by atoms with E-state index in [-0.39, 0.29) is 22.8 Å². The maximum Gasteiger partial charge on any atom is 0.336 e. The van der Waals surface area contributed by atoms with Crippen molar-refractivity contribution in [3.05, 3.63) is 77.9 Å². The molecule has 0 aliphatic rings. The highest BCUT2D eigenvalue weighted by Gasteiger charge is 2.16. The molecule has 0 radical (unpaired) electrons. The van der Waals surface area contributed by atoms with Gasteiger partial charge < -0.3 is 25.2 Å². The summed E-state index contributed by atoms with van der Waals surface area (Å²) in [6.45, 7) is 0.